The Balaban J connectivity index is 1.67. The third-order valence-corrected chi connectivity index (χ3v) is 4.15. The zero-order chi connectivity index (χ0) is 17.1. The maximum Gasteiger partial charge on any atom is 0.250 e. The highest BCUT2D eigenvalue weighted by atomic mass is 16.2. The molecule has 0 spiro atoms. The van der Waals surface area contributed by atoms with E-state index in [0.29, 0.717) is 17.7 Å². The number of amides is 2. The topological polar surface area (TPSA) is 96.2 Å². The first-order valence-corrected chi connectivity index (χ1v) is 7.82. The Kier molecular flexibility index (Phi) is 4.59. The molecule has 2 unspecified atom stereocenters. The van der Waals surface area contributed by atoms with Crippen LogP contribution in [-0.4, -0.2) is 17.9 Å². The molecule has 124 valence electrons. The van der Waals surface area contributed by atoms with E-state index in [1.807, 2.05) is 19.1 Å². The summed E-state index contributed by atoms with van der Waals surface area (Å²) in [5, 5.41) is 2.77. The second-order valence-corrected chi connectivity index (χ2v) is 5.94. The predicted octanol–water partition coefficient (Wildman–Crippen LogP) is 1.64. The molecule has 6 heteroatoms. The van der Waals surface area contributed by atoms with Gasteiger partial charge in [-0.2, -0.15) is 0 Å². The molecule has 1 aliphatic heterocycles. The minimum Gasteiger partial charge on any atom is -0.366 e. The number of benzene rings is 2. The molecule has 1 fully saturated rings. The van der Waals surface area contributed by atoms with E-state index < -0.39 is 11.9 Å². The number of hydrogen-bond donors (Lipinski definition) is 4. The molecular weight excluding hydrogens is 304 g/mol. The minimum atomic E-state index is -0.569. The van der Waals surface area contributed by atoms with Crippen LogP contribution in [0.15, 0.2) is 48.5 Å². The van der Waals surface area contributed by atoms with Gasteiger partial charge in [-0.15, -0.1) is 0 Å². The number of anilines is 1. The van der Waals surface area contributed by atoms with Crippen molar-refractivity contribution in [2.75, 3.05) is 5.32 Å². The van der Waals surface area contributed by atoms with Crippen LogP contribution in [0.3, 0.4) is 0 Å². The van der Waals surface area contributed by atoms with Crippen LogP contribution in [0.1, 0.15) is 33.9 Å². The highest BCUT2D eigenvalue weighted by Gasteiger charge is 2.30. The van der Waals surface area contributed by atoms with E-state index >= 15 is 0 Å². The smallest absolute Gasteiger partial charge is 0.250 e. The number of primary amides is 1. The maximum absolute atomic E-state index is 12.5. The summed E-state index contributed by atoms with van der Waals surface area (Å²) >= 11 is 0. The first kappa shape index (κ1) is 16.2. The van der Waals surface area contributed by atoms with Gasteiger partial charge in [0.2, 0.25) is 5.91 Å². The van der Waals surface area contributed by atoms with Gasteiger partial charge in [0.05, 0.1) is 11.3 Å². The first-order valence-electron chi connectivity index (χ1n) is 7.82. The number of hydrazine groups is 1. The molecular formula is C18H20N4O2. The summed E-state index contributed by atoms with van der Waals surface area (Å²) in [7, 11) is 0. The molecule has 6 nitrogen and oxygen atoms in total. The molecule has 2 aromatic carbocycles. The molecule has 1 heterocycles. The lowest BCUT2D eigenvalue weighted by atomic mass is 10.0. The molecule has 0 bridgehead atoms. The van der Waals surface area contributed by atoms with Crippen LogP contribution in [0.4, 0.5) is 5.69 Å². The Morgan fingerprint density at radius 2 is 1.79 bits per heavy atom. The van der Waals surface area contributed by atoms with Gasteiger partial charge in [0.15, 0.2) is 0 Å². The predicted molar refractivity (Wildman–Crippen MR) is 92.2 cm³/mol. The SMILES string of the molecule is Cc1ccc(C2CC(C(=O)Nc3ccccc3C(N)=O)NN2)cc1. The van der Waals surface area contributed by atoms with Crippen LogP contribution in [0.25, 0.3) is 0 Å². The van der Waals surface area contributed by atoms with E-state index in [0.717, 1.165) is 5.56 Å². The number of hydrogen-bond acceptors (Lipinski definition) is 4. The maximum atomic E-state index is 12.5. The zero-order valence-electron chi connectivity index (χ0n) is 13.4. The summed E-state index contributed by atoms with van der Waals surface area (Å²) in [6.45, 7) is 2.04. The van der Waals surface area contributed by atoms with Crippen molar-refractivity contribution in [2.24, 2.45) is 5.73 Å². The monoisotopic (exact) mass is 324 g/mol. The summed E-state index contributed by atoms with van der Waals surface area (Å²) in [6.07, 6.45) is 0.619. The highest BCUT2D eigenvalue weighted by Crippen LogP contribution is 2.23. The number of rotatable bonds is 4. The highest BCUT2D eigenvalue weighted by molar-refractivity contribution is 6.04. The van der Waals surface area contributed by atoms with Crippen LogP contribution in [0, 0.1) is 6.92 Å². The van der Waals surface area contributed by atoms with Crippen molar-refractivity contribution in [1.82, 2.24) is 10.9 Å². The van der Waals surface area contributed by atoms with Crippen LogP contribution >= 0.6 is 0 Å². The summed E-state index contributed by atoms with van der Waals surface area (Å²) in [5.41, 5.74) is 14.5. The van der Waals surface area contributed by atoms with E-state index in [-0.39, 0.29) is 11.9 Å². The molecule has 2 atom stereocenters. The van der Waals surface area contributed by atoms with E-state index in [1.54, 1.807) is 24.3 Å². The van der Waals surface area contributed by atoms with Crippen molar-refractivity contribution in [3.05, 3.63) is 65.2 Å². The van der Waals surface area contributed by atoms with Crippen LogP contribution in [0.5, 0.6) is 0 Å². The summed E-state index contributed by atoms with van der Waals surface area (Å²) in [4.78, 5) is 23.9. The fourth-order valence-electron chi connectivity index (χ4n) is 2.77. The third-order valence-electron chi connectivity index (χ3n) is 4.15. The number of para-hydroxylation sites is 1. The third kappa shape index (κ3) is 3.45. The summed E-state index contributed by atoms with van der Waals surface area (Å²) in [6, 6.07) is 14.6. The second-order valence-electron chi connectivity index (χ2n) is 5.94. The van der Waals surface area contributed by atoms with Crippen molar-refractivity contribution in [3.8, 4) is 0 Å². The Morgan fingerprint density at radius 1 is 1.08 bits per heavy atom. The average Bonchev–Trinajstić information content (AvgIpc) is 3.06. The number of nitrogens with one attached hydrogen (secondary N) is 3. The van der Waals surface area contributed by atoms with Gasteiger partial charge in [-0.1, -0.05) is 42.0 Å². The number of aryl methyl sites for hydroxylation is 1. The van der Waals surface area contributed by atoms with E-state index in [1.165, 1.54) is 5.56 Å². The van der Waals surface area contributed by atoms with Crippen molar-refractivity contribution >= 4 is 17.5 Å². The van der Waals surface area contributed by atoms with Gasteiger partial charge in [-0.05, 0) is 31.0 Å². The van der Waals surface area contributed by atoms with Crippen LogP contribution in [-0.2, 0) is 4.79 Å². The number of nitrogens with two attached hydrogens (primary N) is 1. The Bertz CT molecular complexity index is 758. The molecule has 2 amide bonds. The second kappa shape index (κ2) is 6.82. The quantitative estimate of drug-likeness (QED) is 0.687. The van der Waals surface area contributed by atoms with Gasteiger partial charge in [-0.25, -0.2) is 10.9 Å². The average molecular weight is 324 g/mol. The molecule has 24 heavy (non-hydrogen) atoms. The van der Waals surface area contributed by atoms with Gasteiger partial charge in [0.25, 0.3) is 5.91 Å². The minimum absolute atomic E-state index is 0.0627. The Labute approximate surface area is 140 Å². The molecule has 5 N–H and O–H groups in total. The lowest BCUT2D eigenvalue weighted by Crippen LogP contribution is -2.39. The van der Waals surface area contributed by atoms with Gasteiger partial charge < -0.3 is 11.1 Å². The fourth-order valence-corrected chi connectivity index (χ4v) is 2.77. The summed E-state index contributed by atoms with van der Waals surface area (Å²) < 4.78 is 0. The summed E-state index contributed by atoms with van der Waals surface area (Å²) in [5.74, 6) is -0.772. The molecule has 3 rings (SSSR count). The molecule has 1 aliphatic rings. The van der Waals surface area contributed by atoms with Crippen molar-refractivity contribution in [1.29, 1.82) is 0 Å². The van der Waals surface area contributed by atoms with E-state index in [9.17, 15) is 9.59 Å². The van der Waals surface area contributed by atoms with Gasteiger partial charge in [0.1, 0.15) is 6.04 Å². The Hall–Kier alpha value is -2.70. The molecule has 1 saturated heterocycles. The van der Waals surface area contributed by atoms with Gasteiger partial charge in [0, 0.05) is 6.04 Å². The van der Waals surface area contributed by atoms with Crippen LogP contribution in [0.2, 0.25) is 0 Å². The van der Waals surface area contributed by atoms with Crippen molar-refractivity contribution < 1.29 is 9.59 Å². The largest absolute Gasteiger partial charge is 0.366 e. The van der Waals surface area contributed by atoms with Crippen molar-refractivity contribution in [3.63, 3.8) is 0 Å². The molecule has 2 aromatic rings. The van der Waals surface area contributed by atoms with E-state index in [4.69, 9.17) is 5.73 Å². The molecule has 0 radical (unpaired) electrons. The lowest BCUT2D eigenvalue weighted by molar-refractivity contribution is -0.117. The normalized spacial score (nSPS) is 19.9. The Morgan fingerprint density at radius 3 is 2.50 bits per heavy atom. The first-order chi connectivity index (χ1) is 11.5. The standard InChI is InChI=1S/C18H20N4O2/c1-11-6-8-12(9-7-11)15-10-16(22-21-15)18(24)20-14-5-3-2-4-13(14)17(19)23/h2-9,15-16,21-22H,10H2,1H3,(H2,19,23)(H,20,24). The molecule has 0 saturated carbocycles. The van der Waals surface area contributed by atoms with Crippen molar-refractivity contribution in [2.45, 2.75) is 25.4 Å². The van der Waals surface area contributed by atoms with Gasteiger partial charge in [-0.3, -0.25) is 9.59 Å². The molecule has 0 aliphatic carbocycles. The van der Waals surface area contributed by atoms with E-state index in [2.05, 4.69) is 28.3 Å². The zero-order valence-corrected chi connectivity index (χ0v) is 13.4. The van der Waals surface area contributed by atoms with Crippen LogP contribution < -0.4 is 21.9 Å². The molecule has 0 aromatic heterocycles. The lowest BCUT2D eigenvalue weighted by Gasteiger charge is -2.12. The van der Waals surface area contributed by atoms with Gasteiger partial charge >= 0.3 is 0 Å². The number of carbonyl (C=O) groups excluding carboxylic acids is 2. The fraction of sp³-hybridized carbons (Fsp3) is 0.222. The number of carbonyl (C=O) groups is 2.